The maximum Gasteiger partial charge on any atom is 0.118 e. The first-order valence-corrected chi connectivity index (χ1v) is 7.22. The zero-order valence-electron chi connectivity index (χ0n) is 11.9. The Morgan fingerprint density at radius 1 is 1.26 bits per heavy atom. The molecule has 0 aliphatic rings. The van der Waals surface area contributed by atoms with Crippen LogP contribution >= 0.6 is 11.3 Å². The molecule has 19 heavy (non-hydrogen) atoms. The molecule has 1 N–H and O–H groups in total. The second-order valence-electron chi connectivity index (χ2n) is 4.62. The third-order valence-electron chi connectivity index (χ3n) is 3.25. The van der Waals surface area contributed by atoms with Crippen molar-refractivity contribution < 1.29 is 4.74 Å². The van der Waals surface area contributed by atoms with Gasteiger partial charge >= 0.3 is 0 Å². The first-order valence-electron chi connectivity index (χ1n) is 6.40. The second kappa shape index (κ2) is 6.17. The van der Waals surface area contributed by atoms with Crippen LogP contribution in [0.15, 0.2) is 24.3 Å². The van der Waals surface area contributed by atoms with Crippen molar-refractivity contribution in [3.8, 4) is 5.75 Å². The van der Waals surface area contributed by atoms with Crippen LogP contribution in [0.1, 0.15) is 34.1 Å². The smallest absolute Gasteiger partial charge is 0.118 e. The molecule has 102 valence electrons. The van der Waals surface area contributed by atoms with E-state index in [9.17, 15) is 0 Å². The van der Waals surface area contributed by atoms with Crippen molar-refractivity contribution in [2.75, 3.05) is 7.11 Å². The molecule has 0 bridgehead atoms. The molecule has 2 aromatic rings. The Morgan fingerprint density at radius 2 is 1.95 bits per heavy atom. The topological polar surface area (TPSA) is 34.1 Å². The number of nitrogens with zero attached hydrogens (tertiary/aromatic N) is 1. The van der Waals surface area contributed by atoms with Gasteiger partial charge in [0, 0.05) is 17.5 Å². The molecule has 0 saturated carbocycles. The van der Waals surface area contributed by atoms with Gasteiger partial charge in [-0.3, -0.25) is 0 Å². The van der Waals surface area contributed by atoms with Crippen LogP contribution in [0.3, 0.4) is 0 Å². The van der Waals surface area contributed by atoms with E-state index in [2.05, 4.69) is 43.2 Å². The van der Waals surface area contributed by atoms with Crippen molar-refractivity contribution in [3.63, 3.8) is 0 Å². The van der Waals surface area contributed by atoms with E-state index >= 15 is 0 Å². The van der Waals surface area contributed by atoms with Gasteiger partial charge in [-0.15, -0.1) is 11.3 Å². The van der Waals surface area contributed by atoms with Crippen molar-refractivity contribution in [2.45, 2.75) is 33.4 Å². The maximum atomic E-state index is 5.17. The van der Waals surface area contributed by atoms with Crippen LogP contribution in [-0.4, -0.2) is 12.1 Å². The monoisotopic (exact) mass is 276 g/mol. The number of ether oxygens (including phenoxy) is 1. The first kappa shape index (κ1) is 14.0. The summed E-state index contributed by atoms with van der Waals surface area (Å²) in [7, 11) is 1.68. The third-order valence-corrected chi connectivity index (χ3v) is 4.32. The van der Waals surface area contributed by atoms with Crippen molar-refractivity contribution in [1.82, 2.24) is 10.3 Å². The number of aryl methyl sites for hydroxylation is 2. The number of methoxy groups -OCH3 is 1. The minimum atomic E-state index is 0.301. The lowest BCUT2D eigenvalue weighted by Crippen LogP contribution is -2.17. The van der Waals surface area contributed by atoms with E-state index in [1.165, 1.54) is 10.4 Å². The van der Waals surface area contributed by atoms with Crippen LogP contribution in [0.2, 0.25) is 0 Å². The van der Waals surface area contributed by atoms with Crippen LogP contribution in [0.5, 0.6) is 5.75 Å². The largest absolute Gasteiger partial charge is 0.497 e. The fourth-order valence-corrected chi connectivity index (χ4v) is 2.75. The van der Waals surface area contributed by atoms with Gasteiger partial charge in [0.05, 0.1) is 12.8 Å². The van der Waals surface area contributed by atoms with Gasteiger partial charge in [-0.1, -0.05) is 12.1 Å². The Kier molecular flexibility index (Phi) is 4.56. The number of benzene rings is 1. The van der Waals surface area contributed by atoms with E-state index in [-0.39, 0.29) is 0 Å². The normalized spacial score (nSPS) is 12.4. The molecule has 1 heterocycles. The summed E-state index contributed by atoms with van der Waals surface area (Å²) in [5.74, 6) is 0.891. The van der Waals surface area contributed by atoms with Gasteiger partial charge in [0.25, 0.3) is 0 Å². The number of rotatable bonds is 5. The average Bonchev–Trinajstić information content (AvgIpc) is 2.75. The van der Waals surface area contributed by atoms with E-state index in [0.717, 1.165) is 23.0 Å². The summed E-state index contributed by atoms with van der Waals surface area (Å²) in [6.07, 6.45) is 0. The van der Waals surface area contributed by atoms with E-state index in [0.29, 0.717) is 6.04 Å². The van der Waals surface area contributed by atoms with Crippen LogP contribution in [0.4, 0.5) is 0 Å². The number of nitrogens with one attached hydrogen (secondary N) is 1. The summed E-state index contributed by atoms with van der Waals surface area (Å²) in [5, 5.41) is 4.65. The van der Waals surface area contributed by atoms with Gasteiger partial charge in [-0.05, 0) is 38.5 Å². The molecule has 1 aromatic heterocycles. The lowest BCUT2D eigenvalue weighted by molar-refractivity contribution is 0.414. The molecular weight excluding hydrogens is 256 g/mol. The zero-order valence-corrected chi connectivity index (χ0v) is 12.7. The highest BCUT2D eigenvalue weighted by Crippen LogP contribution is 2.20. The maximum absolute atomic E-state index is 5.17. The van der Waals surface area contributed by atoms with Crippen LogP contribution < -0.4 is 10.1 Å². The van der Waals surface area contributed by atoms with Crippen LogP contribution in [0.25, 0.3) is 0 Å². The number of hydrogen-bond acceptors (Lipinski definition) is 4. The number of aromatic nitrogens is 1. The molecule has 0 aliphatic carbocycles. The van der Waals surface area contributed by atoms with Crippen LogP contribution in [-0.2, 0) is 6.54 Å². The fraction of sp³-hybridized carbons (Fsp3) is 0.400. The van der Waals surface area contributed by atoms with E-state index < -0.39 is 0 Å². The average molecular weight is 276 g/mol. The summed E-state index contributed by atoms with van der Waals surface area (Å²) >= 11 is 1.76. The zero-order chi connectivity index (χ0) is 13.8. The molecule has 1 aromatic carbocycles. The predicted octanol–water partition coefficient (Wildman–Crippen LogP) is 3.62. The lowest BCUT2D eigenvalue weighted by Gasteiger charge is -2.13. The van der Waals surface area contributed by atoms with E-state index in [1.54, 1.807) is 18.4 Å². The molecule has 0 saturated heterocycles. The van der Waals surface area contributed by atoms with Crippen molar-refractivity contribution in [1.29, 1.82) is 0 Å². The molecular formula is C15H20N2OS. The van der Waals surface area contributed by atoms with Gasteiger partial charge in [0.15, 0.2) is 0 Å². The minimum absolute atomic E-state index is 0.301. The Labute approximate surface area is 118 Å². The van der Waals surface area contributed by atoms with Crippen molar-refractivity contribution in [3.05, 3.63) is 45.4 Å². The molecule has 0 amide bonds. The summed E-state index contributed by atoms with van der Waals surface area (Å²) in [6.45, 7) is 7.15. The molecule has 0 radical (unpaired) electrons. The van der Waals surface area contributed by atoms with Gasteiger partial charge in [0.2, 0.25) is 0 Å². The van der Waals surface area contributed by atoms with E-state index in [1.807, 2.05) is 12.1 Å². The standard InChI is InChI=1S/C15H20N2OS/c1-10-12(3)19-15(17-10)9-16-11(2)13-5-7-14(18-4)8-6-13/h5-8,11,16H,9H2,1-4H3/t11-/m0/s1. The molecule has 1 atom stereocenters. The lowest BCUT2D eigenvalue weighted by atomic mass is 10.1. The second-order valence-corrected chi connectivity index (χ2v) is 5.91. The van der Waals surface area contributed by atoms with Gasteiger partial charge < -0.3 is 10.1 Å². The first-order chi connectivity index (χ1) is 9.10. The van der Waals surface area contributed by atoms with Crippen molar-refractivity contribution in [2.24, 2.45) is 0 Å². The summed E-state index contributed by atoms with van der Waals surface area (Å²) in [5.41, 5.74) is 2.39. The van der Waals surface area contributed by atoms with Gasteiger partial charge in [-0.2, -0.15) is 0 Å². The predicted molar refractivity (Wildman–Crippen MR) is 79.8 cm³/mol. The SMILES string of the molecule is COc1ccc([C@H](C)NCc2nc(C)c(C)s2)cc1. The van der Waals surface area contributed by atoms with Gasteiger partial charge in [0.1, 0.15) is 10.8 Å². The summed E-state index contributed by atoms with van der Waals surface area (Å²) in [6, 6.07) is 8.47. The third kappa shape index (κ3) is 3.55. The minimum Gasteiger partial charge on any atom is -0.497 e. The highest BCUT2D eigenvalue weighted by molar-refractivity contribution is 7.11. The fourth-order valence-electron chi connectivity index (χ4n) is 1.87. The van der Waals surface area contributed by atoms with Gasteiger partial charge in [-0.25, -0.2) is 4.98 Å². The number of hydrogen-bond donors (Lipinski definition) is 1. The Balaban J connectivity index is 1.94. The summed E-state index contributed by atoms with van der Waals surface area (Å²) < 4.78 is 5.17. The molecule has 4 heteroatoms. The highest BCUT2D eigenvalue weighted by Gasteiger charge is 2.08. The molecule has 0 unspecified atom stereocenters. The molecule has 0 spiro atoms. The Bertz CT molecular complexity index is 514. The molecule has 0 fully saturated rings. The number of thiazole rings is 1. The highest BCUT2D eigenvalue weighted by atomic mass is 32.1. The molecule has 2 rings (SSSR count). The molecule has 3 nitrogen and oxygen atoms in total. The Morgan fingerprint density at radius 3 is 2.47 bits per heavy atom. The summed E-state index contributed by atoms with van der Waals surface area (Å²) in [4.78, 5) is 5.84. The van der Waals surface area contributed by atoms with Crippen LogP contribution in [0, 0.1) is 13.8 Å². The van der Waals surface area contributed by atoms with E-state index in [4.69, 9.17) is 4.74 Å². The quantitative estimate of drug-likeness (QED) is 0.905. The van der Waals surface area contributed by atoms with Crippen molar-refractivity contribution >= 4 is 11.3 Å². The molecule has 0 aliphatic heterocycles. The Hall–Kier alpha value is -1.39.